The van der Waals surface area contributed by atoms with Crippen LogP contribution in [0.3, 0.4) is 0 Å². The summed E-state index contributed by atoms with van der Waals surface area (Å²) >= 11 is 0. The summed E-state index contributed by atoms with van der Waals surface area (Å²) in [5.74, 6) is 2.43. The molecule has 2 rings (SSSR count). The first-order valence-corrected chi connectivity index (χ1v) is 6.02. The van der Waals surface area contributed by atoms with E-state index in [1.807, 2.05) is 13.1 Å². The van der Waals surface area contributed by atoms with Gasteiger partial charge in [-0.05, 0) is 12.3 Å². The molecule has 0 amide bonds. The largest absolute Gasteiger partial charge is 0.379 e. The van der Waals surface area contributed by atoms with E-state index >= 15 is 0 Å². The summed E-state index contributed by atoms with van der Waals surface area (Å²) in [5.41, 5.74) is 0. The van der Waals surface area contributed by atoms with Crippen LogP contribution >= 0.6 is 0 Å². The number of nitrogens with one attached hydrogen (secondary N) is 1. The predicted molar refractivity (Wildman–Crippen MR) is 68.4 cm³/mol. The van der Waals surface area contributed by atoms with Crippen LogP contribution < -0.4 is 10.2 Å². The van der Waals surface area contributed by atoms with E-state index in [0.717, 1.165) is 31.1 Å². The topological polar surface area (TPSA) is 50.3 Å². The van der Waals surface area contributed by atoms with Gasteiger partial charge in [0.15, 0.2) is 0 Å². The Morgan fingerprint density at radius 3 is 3.00 bits per heavy atom. The highest BCUT2D eigenvalue weighted by Gasteiger charge is 2.26. The average Bonchev–Trinajstić information content (AvgIpc) is 2.39. The summed E-state index contributed by atoms with van der Waals surface area (Å²) in [6, 6.07) is 1.97. The molecule has 0 spiro atoms. The Morgan fingerprint density at radius 2 is 2.29 bits per heavy atom. The molecule has 5 heteroatoms. The average molecular weight is 236 g/mol. The summed E-state index contributed by atoms with van der Waals surface area (Å²) in [6.07, 6.45) is 3.02. The van der Waals surface area contributed by atoms with Crippen LogP contribution in [-0.4, -0.2) is 43.3 Å². The van der Waals surface area contributed by atoms with Gasteiger partial charge in [0.1, 0.15) is 18.0 Å². The van der Waals surface area contributed by atoms with Crippen LogP contribution in [0.5, 0.6) is 0 Å². The van der Waals surface area contributed by atoms with E-state index in [-0.39, 0.29) is 6.10 Å². The molecule has 0 saturated carbocycles. The van der Waals surface area contributed by atoms with E-state index in [1.165, 1.54) is 0 Å². The number of methoxy groups -OCH3 is 1. The van der Waals surface area contributed by atoms with Crippen LogP contribution in [-0.2, 0) is 4.74 Å². The van der Waals surface area contributed by atoms with Crippen molar-refractivity contribution in [1.82, 2.24) is 9.97 Å². The molecule has 1 aromatic rings. The summed E-state index contributed by atoms with van der Waals surface area (Å²) in [4.78, 5) is 10.7. The minimum absolute atomic E-state index is 0.289. The molecule has 1 fully saturated rings. The van der Waals surface area contributed by atoms with Gasteiger partial charge in [-0.15, -0.1) is 0 Å². The molecule has 0 radical (unpaired) electrons. The van der Waals surface area contributed by atoms with Crippen LogP contribution in [0.4, 0.5) is 11.6 Å². The first-order chi connectivity index (χ1) is 8.24. The zero-order valence-corrected chi connectivity index (χ0v) is 10.7. The number of rotatable bonds is 3. The van der Waals surface area contributed by atoms with E-state index in [1.54, 1.807) is 13.4 Å². The second-order valence-corrected chi connectivity index (χ2v) is 4.50. The lowest BCUT2D eigenvalue weighted by Gasteiger charge is -2.36. The van der Waals surface area contributed by atoms with Crippen molar-refractivity contribution in [2.24, 2.45) is 5.92 Å². The Balaban J connectivity index is 2.11. The molecule has 1 aliphatic heterocycles. The van der Waals surface area contributed by atoms with Crippen molar-refractivity contribution in [2.45, 2.75) is 19.4 Å². The van der Waals surface area contributed by atoms with Crippen molar-refractivity contribution in [3.63, 3.8) is 0 Å². The minimum atomic E-state index is 0.289. The van der Waals surface area contributed by atoms with Gasteiger partial charge in [-0.3, -0.25) is 0 Å². The highest BCUT2D eigenvalue weighted by Crippen LogP contribution is 2.24. The first-order valence-electron chi connectivity index (χ1n) is 6.02. The monoisotopic (exact) mass is 236 g/mol. The number of aromatic nitrogens is 2. The molecule has 1 aliphatic rings. The fourth-order valence-corrected chi connectivity index (χ4v) is 2.21. The number of nitrogens with zero attached hydrogens (tertiary/aromatic N) is 3. The second-order valence-electron chi connectivity index (χ2n) is 4.50. The molecule has 0 aromatic carbocycles. The third-order valence-electron chi connectivity index (χ3n) is 3.42. The van der Waals surface area contributed by atoms with Gasteiger partial charge in [0.25, 0.3) is 0 Å². The van der Waals surface area contributed by atoms with E-state index in [2.05, 4.69) is 27.1 Å². The normalized spacial score (nSPS) is 24.8. The Kier molecular flexibility index (Phi) is 3.78. The van der Waals surface area contributed by atoms with Gasteiger partial charge in [0, 0.05) is 33.3 Å². The Hall–Kier alpha value is -1.36. The lowest BCUT2D eigenvalue weighted by Crippen LogP contribution is -2.44. The maximum Gasteiger partial charge on any atom is 0.134 e. The Bertz CT molecular complexity index is 371. The summed E-state index contributed by atoms with van der Waals surface area (Å²) in [5, 5.41) is 3.03. The molecule has 1 N–H and O–H groups in total. The Labute approximate surface area is 102 Å². The SMILES string of the molecule is CNc1cc(N2CCC(C)C(OC)C2)ncn1. The predicted octanol–water partition coefficient (Wildman–Crippen LogP) is 1.38. The number of anilines is 2. The molecule has 0 aliphatic carbocycles. The maximum atomic E-state index is 5.51. The van der Waals surface area contributed by atoms with Crippen molar-refractivity contribution >= 4 is 11.6 Å². The third kappa shape index (κ3) is 2.66. The molecule has 0 bridgehead atoms. The van der Waals surface area contributed by atoms with Crippen LogP contribution in [0.2, 0.25) is 0 Å². The van der Waals surface area contributed by atoms with E-state index < -0.39 is 0 Å². The molecule has 5 nitrogen and oxygen atoms in total. The van der Waals surface area contributed by atoms with Crippen LogP contribution in [0.1, 0.15) is 13.3 Å². The lowest BCUT2D eigenvalue weighted by molar-refractivity contribution is 0.0496. The molecule has 94 valence electrons. The number of hydrogen-bond acceptors (Lipinski definition) is 5. The number of hydrogen-bond donors (Lipinski definition) is 1. The van der Waals surface area contributed by atoms with Crippen molar-refractivity contribution < 1.29 is 4.74 Å². The van der Waals surface area contributed by atoms with Gasteiger partial charge in [0.05, 0.1) is 6.10 Å². The molecule has 2 unspecified atom stereocenters. The highest BCUT2D eigenvalue weighted by molar-refractivity contribution is 5.48. The van der Waals surface area contributed by atoms with Gasteiger partial charge < -0.3 is 15.0 Å². The zero-order chi connectivity index (χ0) is 12.3. The molecule has 1 aromatic heterocycles. The molecule has 2 heterocycles. The molecule has 1 saturated heterocycles. The summed E-state index contributed by atoms with van der Waals surface area (Å²) in [7, 11) is 3.64. The standard InChI is InChI=1S/C12H20N4O/c1-9-4-5-16(7-10(9)17-3)12-6-11(13-2)14-8-15-12/h6,8-10H,4-5,7H2,1-3H3,(H,13,14,15). The molecular weight excluding hydrogens is 216 g/mol. The first kappa shape index (κ1) is 12.1. The summed E-state index contributed by atoms with van der Waals surface area (Å²) in [6.45, 7) is 4.17. The van der Waals surface area contributed by atoms with Crippen molar-refractivity contribution in [1.29, 1.82) is 0 Å². The van der Waals surface area contributed by atoms with Gasteiger partial charge in [-0.2, -0.15) is 0 Å². The van der Waals surface area contributed by atoms with Gasteiger partial charge in [-0.25, -0.2) is 9.97 Å². The van der Waals surface area contributed by atoms with Gasteiger partial charge >= 0.3 is 0 Å². The van der Waals surface area contributed by atoms with Gasteiger partial charge in [0.2, 0.25) is 0 Å². The smallest absolute Gasteiger partial charge is 0.134 e. The zero-order valence-electron chi connectivity index (χ0n) is 10.7. The van der Waals surface area contributed by atoms with Crippen molar-refractivity contribution in [2.75, 3.05) is 37.5 Å². The van der Waals surface area contributed by atoms with Crippen LogP contribution in [0.15, 0.2) is 12.4 Å². The minimum Gasteiger partial charge on any atom is -0.379 e. The fraction of sp³-hybridized carbons (Fsp3) is 0.667. The molecule has 2 atom stereocenters. The van der Waals surface area contributed by atoms with E-state index in [0.29, 0.717) is 5.92 Å². The number of piperidine rings is 1. The quantitative estimate of drug-likeness (QED) is 0.859. The van der Waals surface area contributed by atoms with Crippen LogP contribution in [0, 0.1) is 5.92 Å². The third-order valence-corrected chi connectivity index (χ3v) is 3.42. The second kappa shape index (κ2) is 5.31. The van der Waals surface area contributed by atoms with Crippen molar-refractivity contribution in [3.8, 4) is 0 Å². The maximum absolute atomic E-state index is 5.51. The highest BCUT2D eigenvalue weighted by atomic mass is 16.5. The lowest BCUT2D eigenvalue weighted by atomic mass is 9.96. The molecule has 17 heavy (non-hydrogen) atoms. The van der Waals surface area contributed by atoms with Gasteiger partial charge in [-0.1, -0.05) is 6.92 Å². The fourth-order valence-electron chi connectivity index (χ4n) is 2.21. The summed E-state index contributed by atoms with van der Waals surface area (Å²) < 4.78 is 5.51. The van der Waals surface area contributed by atoms with E-state index in [9.17, 15) is 0 Å². The Morgan fingerprint density at radius 1 is 1.47 bits per heavy atom. The van der Waals surface area contributed by atoms with Crippen LogP contribution in [0.25, 0.3) is 0 Å². The number of ether oxygens (including phenoxy) is 1. The van der Waals surface area contributed by atoms with Crippen molar-refractivity contribution in [3.05, 3.63) is 12.4 Å². The van der Waals surface area contributed by atoms with E-state index in [4.69, 9.17) is 4.74 Å². The molecular formula is C12H20N4O.